The van der Waals surface area contributed by atoms with Gasteiger partial charge in [0.2, 0.25) is 5.82 Å². The maximum Gasteiger partial charge on any atom is 0.354 e. The standard InChI is InChI=1S/C11H7N5O3.ClH/c17-8-4-7(11(18)19)12-9-5(8)2-1-3-6(9)10-13-15-16-14-10;/h1-4H,(H,12,17)(H,18,19)(H,13,14,15,16);1H. The van der Waals surface area contributed by atoms with Crippen LogP contribution in [0.4, 0.5) is 0 Å². The predicted octanol–water partition coefficient (Wildman–Crippen LogP) is 1.24. The number of aromatic carboxylic acids is 1. The van der Waals surface area contributed by atoms with Crippen molar-refractivity contribution in [2.45, 2.75) is 0 Å². The van der Waals surface area contributed by atoms with E-state index in [4.69, 9.17) is 5.11 Å². The Morgan fingerprint density at radius 2 is 2.10 bits per heavy atom. The van der Waals surface area contributed by atoms with Gasteiger partial charge in [-0.15, -0.1) is 22.6 Å². The van der Waals surface area contributed by atoms with Crippen molar-refractivity contribution in [1.29, 1.82) is 0 Å². The number of hydrogen-bond donors (Lipinski definition) is 3. The molecule has 8 nitrogen and oxygen atoms in total. The highest BCUT2D eigenvalue weighted by Gasteiger charge is 2.15. The third kappa shape index (κ3) is 2.12. The first kappa shape index (κ1) is 13.7. The van der Waals surface area contributed by atoms with Gasteiger partial charge in [-0.1, -0.05) is 6.07 Å². The smallest absolute Gasteiger partial charge is 0.354 e. The molecular formula is C11H8ClN5O3. The zero-order chi connectivity index (χ0) is 13.4. The Morgan fingerprint density at radius 1 is 1.30 bits per heavy atom. The van der Waals surface area contributed by atoms with Crippen molar-refractivity contribution in [2.75, 3.05) is 0 Å². The van der Waals surface area contributed by atoms with E-state index in [1.165, 1.54) is 0 Å². The van der Waals surface area contributed by atoms with E-state index in [2.05, 4.69) is 25.6 Å². The van der Waals surface area contributed by atoms with Crippen LogP contribution in [0.3, 0.4) is 0 Å². The minimum absolute atomic E-state index is 0. The third-order valence-corrected chi connectivity index (χ3v) is 2.62. The summed E-state index contributed by atoms with van der Waals surface area (Å²) in [5.41, 5.74) is 0.548. The summed E-state index contributed by atoms with van der Waals surface area (Å²) >= 11 is 0. The number of nitrogens with zero attached hydrogens (tertiary/aromatic N) is 4. The minimum atomic E-state index is -1.22. The number of pyridine rings is 1. The Kier molecular flexibility index (Phi) is 3.49. The minimum Gasteiger partial charge on any atom is -0.507 e. The summed E-state index contributed by atoms with van der Waals surface area (Å²) in [6.45, 7) is 0. The summed E-state index contributed by atoms with van der Waals surface area (Å²) in [7, 11) is 0. The zero-order valence-corrected chi connectivity index (χ0v) is 10.6. The fraction of sp³-hybridized carbons (Fsp3) is 0. The molecule has 0 radical (unpaired) electrons. The lowest BCUT2D eigenvalue weighted by Gasteiger charge is -2.05. The average Bonchev–Trinajstić information content (AvgIpc) is 2.91. The van der Waals surface area contributed by atoms with Crippen molar-refractivity contribution in [3.8, 4) is 17.1 Å². The van der Waals surface area contributed by atoms with E-state index in [0.717, 1.165) is 6.07 Å². The summed E-state index contributed by atoms with van der Waals surface area (Å²) in [6.07, 6.45) is 0. The molecule has 0 bridgehead atoms. The molecule has 0 saturated heterocycles. The molecule has 2 aromatic heterocycles. The molecular weight excluding hydrogens is 286 g/mol. The molecule has 2 heterocycles. The van der Waals surface area contributed by atoms with E-state index in [-0.39, 0.29) is 29.7 Å². The second kappa shape index (κ2) is 5.10. The normalized spacial score (nSPS) is 10.2. The van der Waals surface area contributed by atoms with Crippen LogP contribution in [0.25, 0.3) is 22.3 Å². The van der Waals surface area contributed by atoms with Gasteiger partial charge in [-0.2, -0.15) is 5.21 Å². The van der Waals surface area contributed by atoms with E-state index in [1.54, 1.807) is 18.2 Å². The van der Waals surface area contributed by atoms with Crippen LogP contribution in [-0.4, -0.2) is 41.8 Å². The number of hydrogen-bond acceptors (Lipinski definition) is 6. The largest absolute Gasteiger partial charge is 0.507 e. The first-order valence-electron chi connectivity index (χ1n) is 5.26. The number of fused-ring (bicyclic) bond motifs is 1. The van der Waals surface area contributed by atoms with Crippen LogP contribution in [0.2, 0.25) is 0 Å². The number of aromatic hydroxyl groups is 1. The molecule has 9 heteroatoms. The van der Waals surface area contributed by atoms with Crippen LogP contribution in [0.15, 0.2) is 24.3 Å². The number of carbonyl (C=O) groups is 1. The number of tetrazole rings is 1. The van der Waals surface area contributed by atoms with E-state index < -0.39 is 5.97 Å². The van der Waals surface area contributed by atoms with Crippen LogP contribution in [-0.2, 0) is 0 Å². The highest BCUT2D eigenvalue weighted by molar-refractivity contribution is 5.98. The van der Waals surface area contributed by atoms with Crippen molar-refractivity contribution in [1.82, 2.24) is 25.6 Å². The number of nitrogens with one attached hydrogen (secondary N) is 1. The summed E-state index contributed by atoms with van der Waals surface area (Å²) in [6, 6.07) is 6.10. The average molecular weight is 294 g/mol. The molecule has 3 aromatic rings. The molecule has 3 rings (SSSR count). The van der Waals surface area contributed by atoms with Crippen LogP contribution < -0.4 is 0 Å². The lowest BCUT2D eigenvalue weighted by molar-refractivity contribution is 0.0690. The van der Waals surface area contributed by atoms with Crippen molar-refractivity contribution in [2.24, 2.45) is 0 Å². The lowest BCUT2D eigenvalue weighted by Crippen LogP contribution is -2.01. The topological polar surface area (TPSA) is 125 Å². The van der Waals surface area contributed by atoms with E-state index in [0.29, 0.717) is 16.5 Å². The van der Waals surface area contributed by atoms with Gasteiger partial charge in [0.05, 0.1) is 5.52 Å². The van der Waals surface area contributed by atoms with E-state index in [9.17, 15) is 9.90 Å². The van der Waals surface area contributed by atoms with Crippen molar-refractivity contribution in [3.63, 3.8) is 0 Å². The molecule has 0 aliphatic heterocycles. The Balaban J connectivity index is 0.00000147. The maximum atomic E-state index is 11.0. The van der Waals surface area contributed by atoms with E-state index >= 15 is 0 Å². The van der Waals surface area contributed by atoms with Crippen molar-refractivity contribution < 1.29 is 15.0 Å². The molecule has 0 aliphatic carbocycles. The monoisotopic (exact) mass is 293 g/mol. The summed E-state index contributed by atoms with van der Waals surface area (Å²) in [5.74, 6) is -1.10. The fourth-order valence-electron chi connectivity index (χ4n) is 1.80. The first-order chi connectivity index (χ1) is 9.16. The second-order valence-corrected chi connectivity index (χ2v) is 3.77. The molecule has 102 valence electrons. The SMILES string of the molecule is Cl.O=C(O)c1cc(O)c2cccc(-c3nn[nH]n3)c2n1. The summed E-state index contributed by atoms with van der Waals surface area (Å²) in [5, 5.41) is 32.6. The quantitative estimate of drug-likeness (QED) is 0.649. The number of para-hydroxylation sites is 1. The fourth-order valence-corrected chi connectivity index (χ4v) is 1.80. The predicted molar refractivity (Wildman–Crippen MR) is 70.8 cm³/mol. The first-order valence-corrected chi connectivity index (χ1v) is 5.26. The van der Waals surface area contributed by atoms with Gasteiger partial charge in [-0.3, -0.25) is 0 Å². The van der Waals surface area contributed by atoms with Gasteiger partial charge in [0, 0.05) is 17.0 Å². The number of halogens is 1. The van der Waals surface area contributed by atoms with Crippen LogP contribution >= 0.6 is 12.4 Å². The molecule has 3 N–H and O–H groups in total. The van der Waals surface area contributed by atoms with Gasteiger partial charge in [-0.25, -0.2) is 9.78 Å². The summed E-state index contributed by atoms with van der Waals surface area (Å²) in [4.78, 5) is 15.0. The molecule has 0 amide bonds. The van der Waals surface area contributed by atoms with E-state index in [1.807, 2.05) is 0 Å². The van der Waals surface area contributed by atoms with Crippen molar-refractivity contribution >= 4 is 29.3 Å². The number of benzene rings is 1. The molecule has 0 aliphatic rings. The lowest BCUT2D eigenvalue weighted by atomic mass is 10.1. The molecule has 0 atom stereocenters. The number of carboxylic acid groups (broad SMARTS) is 1. The number of carboxylic acids is 1. The Bertz CT molecular complexity index is 775. The third-order valence-electron chi connectivity index (χ3n) is 2.62. The number of aromatic amines is 1. The second-order valence-electron chi connectivity index (χ2n) is 3.77. The van der Waals surface area contributed by atoms with Crippen LogP contribution in [0, 0.1) is 0 Å². The Labute approximate surface area is 117 Å². The number of aromatic nitrogens is 5. The van der Waals surface area contributed by atoms with Gasteiger partial charge in [0.15, 0.2) is 5.69 Å². The van der Waals surface area contributed by atoms with Gasteiger partial charge < -0.3 is 10.2 Å². The van der Waals surface area contributed by atoms with Crippen LogP contribution in [0.5, 0.6) is 5.75 Å². The zero-order valence-electron chi connectivity index (χ0n) is 9.81. The van der Waals surface area contributed by atoms with Gasteiger partial charge >= 0.3 is 5.97 Å². The maximum absolute atomic E-state index is 11.0. The van der Waals surface area contributed by atoms with Crippen molar-refractivity contribution in [3.05, 3.63) is 30.0 Å². The number of H-pyrrole nitrogens is 1. The number of rotatable bonds is 2. The molecule has 0 saturated carbocycles. The van der Waals surface area contributed by atoms with Gasteiger partial charge in [-0.05, 0) is 17.3 Å². The Morgan fingerprint density at radius 3 is 2.75 bits per heavy atom. The van der Waals surface area contributed by atoms with Crippen LogP contribution in [0.1, 0.15) is 10.5 Å². The molecule has 1 aromatic carbocycles. The molecule has 0 unspecified atom stereocenters. The van der Waals surface area contributed by atoms with Gasteiger partial charge in [0.1, 0.15) is 5.75 Å². The molecule has 0 spiro atoms. The van der Waals surface area contributed by atoms with Gasteiger partial charge in [0.25, 0.3) is 0 Å². The summed E-state index contributed by atoms with van der Waals surface area (Å²) < 4.78 is 0. The Hall–Kier alpha value is -2.74. The highest BCUT2D eigenvalue weighted by atomic mass is 35.5. The molecule has 0 fully saturated rings. The molecule has 20 heavy (non-hydrogen) atoms. The highest BCUT2D eigenvalue weighted by Crippen LogP contribution is 2.30.